The third-order valence-corrected chi connectivity index (χ3v) is 2.30. The fourth-order valence-electron chi connectivity index (χ4n) is 1.40. The molecule has 0 heterocycles. The molecule has 1 rings (SSSR count). The predicted molar refractivity (Wildman–Crippen MR) is 72.6 cm³/mol. The van der Waals surface area contributed by atoms with Gasteiger partial charge >= 0.3 is 5.97 Å². The number of ether oxygens (including phenoxy) is 3. The quantitative estimate of drug-likeness (QED) is 0.166. The Kier molecular flexibility index (Phi) is 6.90. The van der Waals surface area contributed by atoms with Crippen molar-refractivity contribution in [3.63, 3.8) is 0 Å². The van der Waals surface area contributed by atoms with Crippen LogP contribution in [0.5, 0.6) is 11.5 Å². The number of carbonyl (C=O) groups excluding carboxylic acids is 2. The third kappa shape index (κ3) is 5.90. The van der Waals surface area contributed by atoms with Gasteiger partial charge in [-0.2, -0.15) is 0 Å². The highest BCUT2D eigenvalue weighted by molar-refractivity contribution is 5.87. The van der Waals surface area contributed by atoms with Gasteiger partial charge in [0.05, 0.1) is 7.11 Å². The van der Waals surface area contributed by atoms with Gasteiger partial charge < -0.3 is 19.0 Å². The van der Waals surface area contributed by atoms with E-state index in [0.29, 0.717) is 11.3 Å². The summed E-state index contributed by atoms with van der Waals surface area (Å²) < 4.78 is 14.4. The van der Waals surface area contributed by atoms with E-state index in [-0.39, 0.29) is 25.4 Å². The highest BCUT2D eigenvalue weighted by atomic mass is 17.0. The molecular formula is C13H13NO8. The molecule has 1 aromatic carbocycles. The molecule has 0 aliphatic carbocycles. The van der Waals surface area contributed by atoms with E-state index in [0.717, 1.165) is 6.08 Å². The van der Waals surface area contributed by atoms with Crippen LogP contribution in [0.1, 0.15) is 5.56 Å². The lowest BCUT2D eigenvalue weighted by molar-refractivity contribution is -0.757. The smallest absolute Gasteiger partial charge is 0.330 e. The lowest BCUT2D eigenvalue weighted by atomic mass is 10.2. The lowest BCUT2D eigenvalue weighted by Crippen LogP contribution is -2.11. The molecule has 0 radical (unpaired) electrons. The average Bonchev–Trinajstić information content (AvgIpc) is 2.50. The number of esters is 1. The minimum absolute atomic E-state index is 0.237. The molecule has 0 aromatic heterocycles. The monoisotopic (exact) mass is 311 g/mol. The second-order valence-corrected chi connectivity index (χ2v) is 3.68. The van der Waals surface area contributed by atoms with E-state index in [1.54, 1.807) is 12.1 Å². The molecule has 1 aromatic rings. The molecule has 0 amide bonds. The van der Waals surface area contributed by atoms with Crippen molar-refractivity contribution in [3.05, 3.63) is 40.0 Å². The Morgan fingerprint density at radius 3 is 2.73 bits per heavy atom. The van der Waals surface area contributed by atoms with E-state index >= 15 is 0 Å². The Balaban J connectivity index is 2.56. The summed E-state index contributed by atoms with van der Waals surface area (Å²) in [6, 6.07) is 4.66. The Morgan fingerprint density at radius 2 is 2.09 bits per heavy atom. The van der Waals surface area contributed by atoms with Gasteiger partial charge in [0, 0.05) is 6.08 Å². The van der Waals surface area contributed by atoms with Crippen molar-refractivity contribution >= 4 is 18.5 Å². The zero-order valence-electron chi connectivity index (χ0n) is 11.6. The molecule has 0 bridgehead atoms. The summed E-state index contributed by atoms with van der Waals surface area (Å²) in [6.07, 6.45) is 2.59. The number of hydrogen-bond donors (Lipinski definition) is 0. The lowest BCUT2D eigenvalue weighted by Gasteiger charge is -2.06. The van der Waals surface area contributed by atoms with Crippen LogP contribution < -0.4 is 9.47 Å². The standard InChI is InChI=1S/C13H13NO8/c1-19-12-8-10(2-4-11(12)21-9-15)3-5-13(16)20-6-7-22-14(17)18/h2-5,8-9H,6-7H2,1H3/b5-3+. The SMILES string of the molecule is COc1cc(/C=C/C(=O)OCCO[N+](=O)[O-])ccc1OC=O. The summed E-state index contributed by atoms with van der Waals surface area (Å²) in [5.74, 6) is -0.115. The fraction of sp³-hybridized carbons (Fsp3) is 0.231. The third-order valence-electron chi connectivity index (χ3n) is 2.30. The first kappa shape index (κ1) is 17.0. The van der Waals surface area contributed by atoms with Crippen molar-refractivity contribution in [1.29, 1.82) is 0 Å². The molecule has 0 aliphatic heterocycles. The van der Waals surface area contributed by atoms with Gasteiger partial charge in [-0.25, -0.2) is 4.79 Å². The van der Waals surface area contributed by atoms with Gasteiger partial charge in [-0.1, -0.05) is 6.07 Å². The van der Waals surface area contributed by atoms with Crippen LogP contribution in [-0.4, -0.2) is 37.9 Å². The van der Waals surface area contributed by atoms with Gasteiger partial charge in [-0.05, 0) is 23.8 Å². The molecule has 9 heteroatoms. The topological polar surface area (TPSA) is 114 Å². The van der Waals surface area contributed by atoms with Gasteiger partial charge in [-0.15, -0.1) is 10.1 Å². The molecule has 118 valence electrons. The normalized spacial score (nSPS) is 10.0. The van der Waals surface area contributed by atoms with Crippen LogP contribution in [0.3, 0.4) is 0 Å². The minimum Gasteiger partial charge on any atom is -0.493 e. The highest BCUT2D eigenvalue weighted by Gasteiger charge is 2.05. The van der Waals surface area contributed by atoms with Crippen LogP contribution in [0.4, 0.5) is 0 Å². The second-order valence-electron chi connectivity index (χ2n) is 3.68. The minimum atomic E-state index is -0.973. The van der Waals surface area contributed by atoms with E-state index in [1.807, 2.05) is 0 Å². The van der Waals surface area contributed by atoms with E-state index < -0.39 is 11.1 Å². The first-order valence-electron chi connectivity index (χ1n) is 5.97. The Labute approximate surface area is 125 Å². The highest BCUT2D eigenvalue weighted by Crippen LogP contribution is 2.28. The number of benzene rings is 1. The molecule has 22 heavy (non-hydrogen) atoms. The summed E-state index contributed by atoms with van der Waals surface area (Å²) in [4.78, 5) is 35.5. The van der Waals surface area contributed by atoms with Crippen LogP contribution in [0.2, 0.25) is 0 Å². The number of hydrogen-bond acceptors (Lipinski definition) is 8. The molecule has 0 spiro atoms. The Morgan fingerprint density at radius 1 is 1.32 bits per heavy atom. The average molecular weight is 311 g/mol. The van der Waals surface area contributed by atoms with Crippen LogP contribution in [0, 0.1) is 10.1 Å². The van der Waals surface area contributed by atoms with Crippen molar-refractivity contribution in [2.24, 2.45) is 0 Å². The number of rotatable bonds is 9. The van der Waals surface area contributed by atoms with E-state index in [9.17, 15) is 19.7 Å². The predicted octanol–water partition coefficient (Wildman–Crippen LogP) is 0.995. The zero-order chi connectivity index (χ0) is 16.4. The van der Waals surface area contributed by atoms with E-state index in [4.69, 9.17) is 9.47 Å². The summed E-state index contributed by atoms with van der Waals surface area (Å²) >= 11 is 0. The van der Waals surface area contributed by atoms with Crippen molar-refractivity contribution in [3.8, 4) is 11.5 Å². The largest absolute Gasteiger partial charge is 0.493 e. The molecule has 0 aliphatic rings. The van der Waals surface area contributed by atoms with Crippen LogP contribution in [0.15, 0.2) is 24.3 Å². The van der Waals surface area contributed by atoms with Gasteiger partial charge in [0.15, 0.2) is 11.5 Å². The van der Waals surface area contributed by atoms with Crippen molar-refractivity contribution in [1.82, 2.24) is 0 Å². The van der Waals surface area contributed by atoms with Gasteiger partial charge in [-0.3, -0.25) is 4.79 Å². The molecule has 0 fully saturated rings. The maximum Gasteiger partial charge on any atom is 0.330 e. The van der Waals surface area contributed by atoms with Crippen LogP contribution in [0.25, 0.3) is 6.08 Å². The maximum absolute atomic E-state index is 11.3. The van der Waals surface area contributed by atoms with Gasteiger partial charge in [0.2, 0.25) is 0 Å². The summed E-state index contributed by atoms with van der Waals surface area (Å²) in [6.45, 7) is -0.296. The van der Waals surface area contributed by atoms with Crippen LogP contribution >= 0.6 is 0 Å². The van der Waals surface area contributed by atoms with Crippen molar-refractivity contribution in [2.75, 3.05) is 20.3 Å². The number of nitrogens with zero attached hydrogens (tertiary/aromatic N) is 1. The Hall–Kier alpha value is -3.10. The molecule has 0 saturated carbocycles. The van der Waals surface area contributed by atoms with Crippen LogP contribution in [-0.2, 0) is 19.2 Å². The van der Waals surface area contributed by atoms with E-state index in [1.165, 1.54) is 19.3 Å². The first-order chi connectivity index (χ1) is 10.6. The summed E-state index contributed by atoms with van der Waals surface area (Å²) in [5, 5.41) is 8.90. The number of carbonyl (C=O) groups is 2. The second kappa shape index (κ2) is 8.95. The summed E-state index contributed by atoms with van der Waals surface area (Å²) in [7, 11) is 1.41. The first-order valence-corrected chi connectivity index (χ1v) is 5.97. The molecule has 0 unspecified atom stereocenters. The van der Waals surface area contributed by atoms with Crippen molar-refractivity contribution < 1.29 is 33.7 Å². The molecule has 9 nitrogen and oxygen atoms in total. The van der Waals surface area contributed by atoms with E-state index in [2.05, 4.69) is 9.57 Å². The zero-order valence-corrected chi connectivity index (χ0v) is 11.6. The van der Waals surface area contributed by atoms with Gasteiger partial charge in [0.25, 0.3) is 11.6 Å². The fourth-order valence-corrected chi connectivity index (χ4v) is 1.40. The summed E-state index contributed by atoms with van der Waals surface area (Å²) in [5.41, 5.74) is 0.605. The Bertz CT molecular complexity index is 569. The molecular weight excluding hydrogens is 298 g/mol. The molecule has 0 saturated heterocycles. The molecule has 0 N–H and O–H groups in total. The molecule has 0 atom stereocenters. The number of methoxy groups -OCH3 is 1. The van der Waals surface area contributed by atoms with Gasteiger partial charge in [0.1, 0.15) is 13.2 Å². The maximum atomic E-state index is 11.3. The van der Waals surface area contributed by atoms with Crippen molar-refractivity contribution in [2.45, 2.75) is 0 Å².